The van der Waals surface area contributed by atoms with Crippen molar-refractivity contribution in [3.63, 3.8) is 0 Å². The average Bonchev–Trinajstić information content (AvgIpc) is 2.52. The van der Waals surface area contributed by atoms with Crippen LogP contribution >= 0.6 is 0 Å². The van der Waals surface area contributed by atoms with Gasteiger partial charge < -0.3 is 19.3 Å². The van der Waals surface area contributed by atoms with E-state index in [9.17, 15) is 5.11 Å². The second kappa shape index (κ2) is 9.87. The molecule has 5 heteroatoms. The molecule has 1 rings (SSSR count). The molecule has 0 spiro atoms. The summed E-state index contributed by atoms with van der Waals surface area (Å²) in [7, 11) is 3.27. The van der Waals surface area contributed by atoms with Gasteiger partial charge in [-0.25, -0.2) is 0 Å². The molecule has 0 aliphatic rings. The van der Waals surface area contributed by atoms with Crippen LogP contribution < -0.4 is 9.47 Å². The first-order valence-electron chi connectivity index (χ1n) is 8.54. The normalized spacial score (nSPS) is 13.2. The summed E-state index contributed by atoms with van der Waals surface area (Å²) in [5, 5.41) is 10.3. The molecule has 0 heterocycles. The number of methoxy groups -OCH3 is 2. The Balaban J connectivity index is 2.68. The van der Waals surface area contributed by atoms with Gasteiger partial charge >= 0.3 is 0 Å². The van der Waals surface area contributed by atoms with E-state index in [2.05, 4.69) is 11.8 Å². The van der Waals surface area contributed by atoms with Crippen LogP contribution in [0.1, 0.15) is 39.7 Å². The van der Waals surface area contributed by atoms with E-state index in [4.69, 9.17) is 14.2 Å². The minimum Gasteiger partial charge on any atom is -0.493 e. The summed E-state index contributed by atoms with van der Waals surface area (Å²) < 4.78 is 16.3. The topological polar surface area (TPSA) is 51.2 Å². The van der Waals surface area contributed by atoms with Crippen LogP contribution in [0.5, 0.6) is 11.5 Å². The minimum absolute atomic E-state index is 0.236. The van der Waals surface area contributed by atoms with Gasteiger partial charge in [0.15, 0.2) is 11.5 Å². The molecule has 0 aliphatic carbocycles. The van der Waals surface area contributed by atoms with Crippen LogP contribution in [0.15, 0.2) is 18.2 Å². The first-order valence-corrected chi connectivity index (χ1v) is 8.54. The molecule has 0 aliphatic heterocycles. The van der Waals surface area contributed by atoms with Crippen molar-refractivity contribution in [1.29, 1.82) is 0 Å². The maximum atomic E-state index is 10.3. The lowest BCUT2D eigenvalue weighted by atomic mass is 10.1. The zero-order valence-electron chi connectivity index (χ0n) is 16.0. The molecule has 0 unspecified atom stereocenters. The van der Waals surface area contributed by atoms with Gasteiger partial charge in [0.2, 0.25) is 0 Å². The summed E-state index contributed by atoms with van der Waals surface area (Å²) >= 11 is 0. The van der Waals surface area contributed by atoms with Crippen molar-refractivity contribution in [3.05, 3.63) is 23.8 Å². The van der Waals surface area contributed by atoms with Crippen molar-refractivity contribution in [2.24, 2.45) is 0 Å². The van der Waals surface area contributed by atoms with Crippen molar-refractivity contribution >= 4 is 0 Å². The highest BCUT2D eigenvalue weighted by Gasteiger charge is 2.17. The van der Waals surface area contributed by atoms with E-state index >= 15 is 0 Å². The molecule has 0 saturated carbocycles. The van der Waals surface area contributed by atoms with Crippen LogP contribution in [0, 0.1) is 0 Å². The summed E-state index contributed by atoms with van der Waals surface area (Å²) in [6.45, 7) is 10.7. The van der Waals surface area contributed by atoms with E-state index < -0.39 is 6.10 Å². The van der Waals surface area contributed by atoms with Crippen LogP contribution in [0.2, 0.25) is 0 Å². The van der Waals surface area contributed by atoms with Gasteiger partial charge in [-0.1, -0.05) is 13.0 Å². The zero-order chi connectivity index (χ0) is 18.2. The van der Waals surface area contributed by atoms with Crippen molar-refractivity contribution in [1.82, 2.24) is 4.90 Å². The molecule has 0 bridgehead atoms. The number of benzene rings is 1. The quantitative estimate of drug-likeness (QED) is 0.710. The molecule has 138 valence electrons. The highest BCUT2D eigenvalue weighted by Crippen LogP contribution is 2.28. The molecule has 1 aromatic rings. The Morgan fingerprint density at radius 1 is 1.12 bits per heavy atom. The Morgan fingerprint density at radius 3 is 2.33 bits per heavy atom. The Morgan fingerprint density at radius 2 is 1.79 bits per heavy atom. The molecule has 0 radical (unpaired) electrons. The van der Waals surface area contributed by atoms with E-state index in [0.29, 0.717) is 13.2 Å². The molecule has 1 aromatic carbocycles. The van der Waals surface area contributed by atoms with E-state index in [-0.39, 0.29) is 5.60 Å². The Kier molecular flexibility index (Phi) is 8.53. The molecule has 1 N–H and O–H groups in total. The van der Waals surface area contributed by atoms with Gasteiger partial charge in [-0.15, -0.1) is 0 Å². The Labute approximate surface area is 146 Å². The average molecular weight is 339 g/mol. The van der Waals surface area contributed by atoms with Crippen LogP contribution in [0.3, 0.4) is 0 Å². The highest BCUT2D eigenvalue weighted by molar-refractivity contribution is 5.42. The standard InChI is InChI=1S/C19H33NO4/c1-7-10-20(13-16(21)14-24-19(2,3)4)12-15-8-9-17(22-5)18(11-15)23-6/h8-9,11,16,21H,7,10,12-14H2,1-6H3/t16-/m0/s1. The summed E-state index contributed by atoms with van der Waals surface area (Å²) in [4.78, 5) is 2.23. The number of hydrogen-bond donors (Lipinski definition) is 1. The number of hydrogen-bond acceptors (Lipinski definition) is 5. The van der Waals surface area contributed by atoms with Gasteiger partial charge in [-0.2, -0.15) is 0 Å². The third-order valence-corrected chi connectivity index (χ3v) is 3.57. The Hall–Kier alpha value is -1.30. The largest absolute Gasteiger partial charge is 0.493 e. The first-order chi connectivity index (χ1) is 11.3. The zero-order valence-corrected chi connectivity index (χ0v) is 16.0. The van der Waals surface area contributed by atoms with Crippen molar-refractivity contribution in [2.75, 3.05) is 33.9 Å². The van der Waals surface area contributed by atoms with E-state index in [1.807, 2.05) is 39.0 Å². The van der Waals surface area contributed by atoms with Gasteiger partial charge in [0.25, 0.3) is 0 Å². The maximum absolute atomic E-state index is 10.3. The predicted molar refractivity (Wildman–Crippen MR) is 96.8 cm³/mol. The van der Waals surface area contributed by atoms with Crippen molar-refractivity contribution in [2.45, 2.75) is 52.4 Å². The van der Waals surface area contributed by atoms with Gasteiger partial charge in [-0.3, -0.25) is 4.90 Å². The third kappa shape index (κ3) is 7.51. The second-order valence-electron chi connectivity index (χ2n) is 7.00. The lowest BCUT2D eigenvalue weighted by Gasteiger charge is -2.27. The number of nitrogens with zero attached hydrogens (tertiary/aromatic N) is 1. The van der Waals surface area contributed by atoms with E-state index in [1.165, 1.54) is 0 Å². The number of ether oxygens (including phenoxy) is 3. The van der Waals surface area contributed by atoms with Crippen LogP contribution in [0.4, 0.5) is 0 Å². The number of aliphatic hydroxyl groups excluding tert-OH is 1. The molecule has 0 saturated heterocycles. The SMILES string of the molecule is CCCN(Cc1ccc(OC)c(OC)c1)C[C@H](O)COC(C)(C)C. The molecule has 1 atom stereocenters. The van der Waals surface area contributed by atoms with E-state index in [0.717, 1.165) is 36.6 Å². The summed E-state index contributed by atoms with van der Waals surface area (Å²) in [5.41, 5.74) is 0.893. The predicted octanol–water partition coefficient (Wildman–Crippen LogP) is 3.09. The first kappa shape index (κ1) is 20.7. The van der Waals surface area contributed by atoms with Crippen LogP contribution in [-0.2, 0) is 11.3 Å². The molecular weight excluding hydrogens is 306 g/mol. The van der Waals surface area contributed by atoms with Crippen LogP contribution in [0.25, 0.3) is 0 Å². The second-order valence-corrected chi connectivity index (χ2v) is 7.00. The summed E-state index contributed by atoms with van der Waals surface area (Å²) in [6.07, 6.45) is 0.524. The fraction of sp³-hybridized carbons (Fsp3) is 0.684. The van der Waals surface area contributed by atoms with Gasteiger partial charge in [0.1, 0.15) is 0 Å². The molecule has 0 fully saturated rings. The molecule has 24 heavy (non-hydrogen) atoms. The molecule has 5 nitrogen and oxygen atoms in total. The number of rotatable bonds is 10. The maximum Gasteiger partial charge on any atom is 0.161 e. The monoisotopic (exact) mass is 339 g/mol. The van der Waals surface area contributed by atoms with Crippen LogP contribution in [-0.4, -0.2) is 55.6 Å². The Bertz CT molecular complexity index is 485. The lowest BCUT2D eigenvalue weighted by molar-refractivity contribution is -0.0566. The minimum atomic E-state index is -0.504. The number of aliphatic hydroxyl groups is 1. The lowest BCUT2D eigenvalue weighted by Crippen LogP contribution is -2.37. The van der Waals surface area contributed by atoms with E-state index in [1.54, 1.807) is 14.2 Å². The molecule has 0 aromatic heterocycles. The third-order valence-electron chi connectivity index (χ3n) is 3.57. The summed E-state index contributed by atoms with van der Waals surface area (Å²) in [6, 6.07) is 5.93. The van der Waals surface area contributed by atoms with Crippen molar-refractivity contribution in [3.8, 4) is 11.5 Å². The summed E-state index contributed by atoms with van der Waals surface area (Å²) in [5.74, 6) is 1.45. The molecular formula is C19H33NO4. The molecule has 0 amide bonds. The van der Waals surface area contributed by atoms with Gasteiger partial charge in [-0.05, 0) is 51.4 Å². The fourth-order valence-corrected chi connectivity index (χ4v) is 2.49. The fourth-order valence-electron chi connectivity index (χ4n) is 2.49. The van der Waals surface area contributed by atoms with Crippen molar-refractivity contribution < 1.29 is 19.3 Å². The van der Waals surface area contributed by atoms with Gasteiger partial charge in [0.05, 0.1) is 32.5 Å². The highest BCUT2D eigenvalue weighted by atomic mass is 16.5. The van der Waals surface area contributed by atoms with Gasteiger partial charge in [0, 0.05) is 13.1 Å². The smallest absolute Gasteiger partial charge is 0.161 e.